The van der Waals surface area contributed by atoms with Crippen molar-refractivity contribution in [3.8, 4) is 0 Å². The topological polar surface area (TPSA) is 26.3 Å². The molecule has 16 heavy (non-hydrogen) atoms. The third-order valence-electron chi connectivity index (χ3n) is 5.85. The molecule has 0 heterocycles. The highest BCUT2D eigenvalue weighted by atomic mass is 16.5. The van der Waals surface area contributed by atoms with Crippen molar-refractivity contribution < 1.29 is 9.53 Å². The van der Waals surface area contributed by atoms with Crippen LogP contribution in [0.25, 0.3) is 0 Å². The molecule has 2 nitrogen and oxygen atoms in total. The Hall–Kier alpha value is -0.530. The number of carbonyl (C=O) groups excluding carboxylic acids is 1. The molecule has 5 atom stereocenters. The Labute approximate surface area is 97.7 Å². The Morgan fingerprint density at radius 3 is 2.50 bits per heavy atom. The lowest BCUT2D eigenvalue weighted by atomic mass is 9.90. The third-order valence-corrected chi connectivity index (χ3v) is 5.85. The van der Waals surface area contributed by atoms with Crippen LogP contribution in [0.2, 0.25) is 0 Å². The predicted molar refractivity (Wildman–Crippen MR) is 61.7 cm³/mol. The molecular formula is C14H22O2. The molecule has 2 heteroatoms. The van der Waals surface area contributed by atoms with Crippen molar-refractivity contribution >= 4 is 5.97 Å². The second-order valence-corrected chi connectivity index (χ2v) is 6.82. The van der Waals surface area contributed by atoms with E-state index in [1.807, 2.05) is 6.92 Å². The van der Waals surface area contributed by atoms with Crippen LogP contribution < -0.4 is 0 Å². The van der Waals surface area contributed by atoms with E-state index in [4.69, 9.17) is 4.74 Å². The Morgan fingerprint density at radius 2 is 1.94 bits per heavy atom. The molecule has 0 amide bonds. The zero-order valence-electron chi connectivity index (χ0n) is 10.7. The minimum Gasteiger partial charge on any atom is -0.466 e. The Morgan fingerprint density at radius 1 is 1.25 bits per heavy atom. The van der Waals surface area contributed by atoms with E-state index in [0.29, 0.717) is 17.9 Å². The molecule has 90 valence electrons. The van der Waals surface area contributed by atoms with Gasteiger partial charge in [-0.15, -0.1) is 0 Å². The normalized spacial score (nSPS) is 51.2. The Bertz CT molecular complexity index is 347. The van der Waals surface area contributed by atoms with Crippen molar-refractivity contribution in [1.82, 2.24) is 0 Å². The SMILES string of the molecule is CCOC(=O)[C@@H]1C2C[C@@H]3[C@H](C[C@@]21C)C3(C)C. The zero-order chi connectivity index (χ0) is 11.7. The lowest BCUT2D eigenvalue weighted by molar-refractivity contribution is -0.145. The first-order valence-corrected chi connectivity index (χ1v) is 6.59. The molecule has 0 aromatic carbocycles. The molecule has 3 saturated carbocycles. The fraction of sp³-hybridized carbons (Fsp3) is 0.929. The summed E-state index contributed by atoms with van der Waals surface area (Å²) in [6.07, 6.45) is 2.51. The number of ether oxygens (including phenoxy) is 1. The molecule has 0 aromatic rings. The van der Waals surface area contributed by atoms with Crippen molar-refractivity contribution in [3.05, 3.63) is 0 Å². The van der Waals surface area contributed by atoms with Crippen LogP contribution in [0.15, 0.2) is 0 Å². The first-order chi connectivity index (χ1) is 7.43. The minimum absolute atomic E-state index is 0.0640. The first kappa shape index (κ1) is 10.6. The maximum absolute atomic E-state index is 11.8. The highest BCUT2D eigenvalue weighted by molar-refractivity contribution is 5.78. The van der Waals surface area contributed by atoms with Crippen LogP contribution in [0.5, 0.6) is 0 Å². The second-order valence-electron chi connectivity index (χ2n) is 6.82. The quantitative estimate of drug-likeness (QED) is 0.672. The van der Waals surface area contributed by atoms with Gasteiger partial charge in [0.1, 0.15) is 0 Å². The van der Waals surface area contributed by atoms with Crippen LogP contribution >= 0.6 is 0 Å². The highest BCUT2D eigenvalue weighted by Crippen LogP contribution is 2.79. The molecule has 0 bridgehead atoms. The number of esters is 1. The second kappa shape index (κ2) is 2.83. The molecule has 3 aliphatic carbocycles. The lowest BCUT2D eigenvalue weighted by Gasteiger charge is -2.15. The fourth-order valence-corrected chi connectivity index (χ4v) is 4.49. The summed E-state index contributed by atoms with van der Waals surface area (Å²) in [5.74, 6) is 2.65. The van der Waals surface area contributed by atoms with E-state index in [1.54, 1.807) is 0 Å². The van der Waals surface area contributed by atoms with Gasteiger partial charge in [0.25, 0.3) is 0 Å². The van der Waals surface area contributed by atoms with Crippen molar-refractivity contribution in [2.75, 3.05) is 6.61 Å². The number of carbonyl (C=O) groups is 1. The molecule has 3 fully saturated rings. The molecule has 3 aliphatic rings. The van der Waals surface area contributed by atoms with Gasteiger partial charge in [-0.05, 0) is 48.3 Å². The molecule has 1 unspecified atom stereocenters. The van der Waals surface area contributed by atoms with Gasteiger partial charge in [-0.1, -0.05) is 20.8 Å². The summed E-state index contributed by atoms with van der Waals surface area (Å²) in [6.45, 7) is 9.48. The van der Waals surface area contributed by atoms with Crippen LogP contribution in [0.1, 0.15) is 40.5 Å². The average molecular weight is 222 g/mol. The van der Waals surface area contributed by atoms with Crippen molar-refractivity contribution in [2.45, 2.75) is 40.5 Å². The summed E-state index contributed by atoms with van der Waals surface area (Å²) >= 11 is 0. The van der Waals surface area contributed by atoms with E-state index in [2.05, 4.69) is 20.8 Å². The molecule has 0 saturated heterocycles. The van der Waals surface area contributed by atoms with Crippen LogP contribution in [0.4, 0.5) is 0 Å². The first-order valence-electron chi connectivity index (χ1n) is 6.59. The highest BCUT2D eigenvalue weighted by Gasteiger charge is 2.75. The number of rotatable bonds is 2. The minimum atomic E-state index is 0.0640. The van der Waals surface area contributed by atoms with E-state index >= 15 is 0 Å². The maximum atomic E-state index is 11.8. The van der Waals surface area contributed by atoms with E-state index < -0.39 is 0 Å². The van der Waals surface area contributed by atoms with E-state index in [9.17, 15) is 4.79 Å². The Kier molecular flexibility index (Phi) is 1.88. The van der Waals surface area contributed by atoms with Gasteiger partial charge in [-0.25, -0.2) is 0 Å². The van der Waals surface area contributed by atoms with Crippen LogP contribution in [0, 0.1) is 34.5 Å². The molecule has 0 spiro atoms. The predicted octanol–water partition coefficient (Wildman–Crippen LogP) is 2.87. The molecule has 0 radical (unpaired) electrons. The van der Waals surface area contributed by atoms with Crippen molar-refractivity contribution in [3.63, 3.8) is 0 Å². The number of hydrogen-bond acceptors (Lipinski definition) is 2. The van der Waals surface area contributed by atoms with Gasteiger partial charge in [0.15, 0.2) is 0 Å². The van der Waals surface area contributed by atoms with Crippen LogP contribution in [0.3, 0.4) is 0 Å². The molecular weight excluding hydrogens is 200 g/mol. The summed E-state index contributed by atoms with van der Waals surface area (Å²) in [6, 6.07) is 0. The monoisotopic (exact) mass is 222 g/mol. The van der Waals surface area contributed by atoms with E-state index in [1.165, 1.54) is 12.8 Å². The number of hydrogen-bond donors (Lipinski definition) is 0. The van der Waals surface area contributed by atoms with Crippen LogP contribution in [-0.2, 0) is 9.53 Å². The van der Waals surface area contributed by atoms with E-state index in [0.717, 1.165) is 11.8 Å². The van der Waals surface area contributed by atoms with E-state index in [-0.39, 0.29) is 17.3 Å². The van der Waals surface area contributed by atoms with Gasteiger partial charge in [-0.2, -0.15) is 0 Å². The summed E-state index contributed by atoms with van der Waals surface area (Å²) in [5, 5.41) is 0. The average Bonchev–Trinajstić information content (AvgIpc) is 2.96. The summed E-state index contributed by atoms with van der Waals surface area (Å²) in [7, 11) is 0. The fourth-order valence-electron chi connectivity index (χ4n) is 4.49. The third kappa shape index (κ3) is 1.11. The standard InChI is InChI=1S/C14H22O2/c1-5-16-12(15)11-9-6-8-10(13(8,2)3)7-14(9,11)4/h8-11H,5-7H2,1-4H3/t8-,9?,10+,11+,14+/m1/s1. The molecule has 0 aromatic heterocycles. The molecule has 0 N–H and O–H groups in total. The molecule has 0 aliphatic heterocycles. The largest absolute Gasteiger partial charge is 0.466 e. The summed E-state index contributed by atoms with van der Waals surface area (Å²) < 4.78 is 5.19. The number of fused-ring (bicyclic) bond motifs is 2. The molecule has 3 rings (SSSR count). The van der Waals surface area contributed by atoms with Gasteiger partial charge in [0.2, 0.25) is 0 Å². The smallest absolute Gasteiger partial charge is 0.309 e. The zero-order valence-corrected chi connectivity index (χ0v) is 10.7. The summed E-state index contributed by atoms with van der Waals surface area (Å²) in [4.78, 5) is 11.8. The van der Waals surface area contributed by atoms with Gasteiger partial charge < -0.3 is 4.74 Å². The van der Waals surface area contributed by atoms with Crippen molar-refractivity contribution in [1.29, 1.82) is 0 Å². The maximum Gasteiger partial charge on any atom is 0.309 e. The van der Waals surface area contributed by atoms with Crippen molar-refractivity contribution in [2.24, 2.45) is 34.5 Å². The van der Waals surface area contributed by atoms with Gasteiger partial charge in [-0.3, -0.25) is 4.79 Å². The van der Waals surface area contributed by atoms with Gasteiger partial charge in [0, 0.05) is 0 Å². The summed E-state index contributed by atoms with van der Waals surface area (Å²) in [5.41, 5.74) is 0.830. The van der Waals surface area contributed by atoms with Crippen LogP contribution in [-0.4, -0.2) is 12.6 Å². The van der Waals surface area contributed by atoms with Gasteiger partial charge >= 0.3 is 5.97 Å². The lowest BCUT2D eigenvalue weighted by Crippen LogP contribution is -2.13. The Balaban J connectivity index is 1.71. The van der Waals surface area contributed by atoms with Gasteiger partial charge in [0.05, 0.1) is 12.5 Å².